The number of anilines is 1. The minimum absolute atomic E-state index is 0.468. The molecule has 0 aliphatic carbocycles. The Hall–Kier alpha value is -1.71. The van der Waals surface area contributed by atoms with Crippen LogP contribution in [0.5, 0.6) is 5.75 Å². The third kappa shape index (κ3) is 2.62. The molecule has 0 saturated heterocycles. The van der Waals surface area contributed by atoms with Gasteiger partial charge < -0.3 is 9.84 Å². The number of amides is 1. The van der Waals surface area contributed by atoms with Crippen molar-refractivity contribution in [3.05, 3.63) is 24.3 Å². The minimum Gasteiger partial charge on any atom is -0.495 e. The normalized spacial score (nSPS) is 9.73. The van der Waals surface area contributed by atoms with Gasteiger partial charge in [0, 0.05) is 6.54 Å². The van der Waals surface area contributed by atoms with Gasteiger partial charge in [-0.15, -0.1) is 0 Å². The van der Waals surface area contributed by atoms with Crippen LogP contribution in [0.2, 0.25) is 0 Å². The number of nitrogens with zero attached hydrogens (tertiary/aromatic N) is 1. The molecule has 0 fully saturated rings. The number of ether oxygens (including phenoxy) is 1. The molecule has 1 aromatic carbocycles. The lowest BCUT2D eigenvalue weighted by molar-refractivity contribution is 0.201. The van der Waals surface area contributed by atoms with Crippen LogP contribution in [0.4, 0.5) is 10.5 Å². The number of hydrogen-bond acceptors (Lipinski definition) is 2. The van der Waals surface area contributed by atoms with Gasteiger partial charge in [-0.3, -0.25) is 4.90 Å². The van der Waals surface area contributed by atoms with Crippen molar-refractivity contribution in [1.29, 1.82) is 0 Å². The second-order valence-electron chi connectivity index (χ2n) is 3.11. The van der Waals surface area contributed by atoms with E-state index in [0.717, 1.165) is 6.42 Å². The van der Waals surface area contributed by atoms with E-state index in [1.807, 2.05) is 13.0 Å². The monoisotopic (exact) mass is 209 g/mol. The summed E-state index contributed by atoms with van der Waals surface area (Å²) >= 11 is 0. The molecular formula is C11H15NO3. The van der Waals surface area contributed by atoms with Gasteiger partial charge in [0.25, 0.3) is 0 Å². The minimum atomic E-state index is -0.957. The SMILES string of the molecule is CCCN(C(=O)O)c1ccccc1OC. The van der Waals surface area contributed by atoms with Crippen molar-refractivity contribution < 1.29 is 14.6 Å². The van der Waals surface area contributed by atoms with Crippen LogP contribution in [-0.4, -0.2) is 24.9 Å². The summed E-state index contributed by atoms with van der Waals surface area (Å²) in [4.78, 5) is 12.3. The molecule has 1 rings (SSSR count). The van der Waals surface area contributed by atoms with Crippen LogP contribution in [0.15, 0.2) is 24.3 Å². The zero-order valence-electron chi connectivity index (χ0n) is 8.93. The van der Waals surface area contributed by atoms with Crippen molar-refractivity contribution in [2.24, 2.45) is 0 Å². The Labute approximate surface area is 89.1 Å². The zero-order valence-corrected chi connectivity index (χ0v) is 8.93. The van der Waals surface area contributed by atoms with Crippen molar-refractivity contribution in [2.75, 3.05) is 18.6 Å². The van der Waals surface area contributed by atoms with Crippen LogP contribution < -0.4 is 9.64 Å². The van der Waals surface area contributed by atoms with Gasteiger partial charge in [-0.25, -0.2) is 4.79 Å². The first-order chi connectivity index (χ1) is 7.20. The highest BCUT2D eigenvalue weighted by Gasteiger charge is 2.16. The molecule has 0 unspecified atom stereocenters. The van der Waals surface area contributed by atoms with Gasteiger partial charge in [-0.2, -0.15) is 0 Å². The van der Waals surface area contributed by atoms with Crippen LogP contribution in [0.1, 0.15) is 13.3 Å². The number of para-hydroxylation sites is 2. The molecule has 4 nitrogen and oxygen atoms in total. The number of methoxy groups -OCH3 is 1. The summed E-state index contributed by atoms with van der Waals surface area (Å²) in [5, 5.41) is 9.05. The molecular weight excluding hydrogens is 194 g/mol. The largest absolute Gasteiger partial charge is 0.495 e. The first-order valence-electron chi connectivity index (χ1n) is 4.84. The fraction of sp³-hybridized carbons (Fsp3) is 0.364. The van der Waals surface area contributed by atoms with E-state index >= 15 is 0 Å². The quantitative estimate of drug-likeness (QED) is 0.829. The predicted molar refractivity (Wildman–Crippen MR) is 58.7 cm³/mol. The van der Waals surface area contributed by atoms with Crippen LogP contribution in [0.25, 0.3) is 0 Å². The van der Waals surface area contributed by atoms with Gasteiger partial charge in [0.05, 0.1) is 12.8 Å². The molecule has 0 saturated carbocycles. The lowest BCUT2D eigenvalue weighted by atomic mass is 10.2. The van der Waals surface area contributed by atoms with Gasteiger partial charge in [-0.05, 0) is 18.6 Å². The maximum atomic E-state index is 11.0. The Morgan fingerprint density at radius 1 is 1.47 bits per heavy atom. The average Bonchev–Trinajstić information content (AvgIpc) is 2.25. The highest BCUT2D eigenvalue weighted by molar-refractivity contribution is 5.88. The van der Waals surface area contributed by atoms with Crippen molar-refractivity contribution in [3.63, 3.8) is 0 Å². The molecule has 0 bridgehead atoms. The van der Waals surface area contributed by atoms with Gasteiger partial charge in [0.15, 0.2) is 0 Å². The summed E-state index contributed by atoms with van der Waals surface area (Å²) in [5.74, 6) is 0.577. The fourth-order valence-electron chi connectivity index (χ4n) is 1.40. The molecule has 0 aliphatic heterocycles. The molecule has 0 heterocycles. The van der Waals surface area contributed by atoms with Crippen LogP contribution >= 0.6 is 0 Å². The second-order valence-corrected chi connectivity index (χ2v) is 3.11. The number of rotatable bonds is 4. The van der Waals surface area contributed by atoms with Crippen molar-refractivity contribution in [1.82, 2.24) is 0 Å². The summed E-state index contributed by atoms with van der Waals surface area (Å²) in [5.41, 5.74) is 0.592. The van der Waals surface area contributed by atoms with E-state index in [1.165, 1.54) is 12.0 Å². The van der Waals surface area contributed by atoms with E-state index in [-0.39, 0.29) is 0 Å². The third-order valence-electron chi connectivity index (χ3n) is 2.05. The molecule has 82 valence electrons. The van der Waals surface area contributed by atoms with E-state index < -0.39 is 6.09 Å². The second kappa shape index (κ2) is 5.24. The summed E-state index contributed by atoms with van der Waals surface area (Å²) in [6.45, 7) is 2.40. The number of benzene rings is 1. The zero-order chi connectivity index (χ0) is 11.3. The van der Waals surface area contributed by atoms with E-state index in [0.29, 0.717) is 18.0 Å². The van der Waals surface area contributed by atoms with Gasteiger partial charge in [-0.1, -0.05) is 19.1 Å². The Balaban J connectivity index is 3.04. The topological polar surface area (TPSA) is 49.8 Å². The lowest BCUT2D eigenvalue weighted by Crippen LogP contribution is -2.30. The first kappa shape index (κ1) is 11.4. The number of hydrogen-bond donors (Lipinski definition) is 1. The number of carboxylic acid groups (broad SMARTS) is 1. The van der Waals surface area contributed by atoms with Crippen LogP contribution in [0, 0.1) is 0 Å². The Morgan fingerprint density at radius 3 is 2.67 bits per heavy atom. The van der Waals surface area contributed by atoms with Crippen molar-refractivity contribution in [2.45, 2.75) is 13.3 Å². The van der Waals surface area contributed by atoms with E-state index in [1.54, 1.807) is 18.2 Å². The molecule has 0 atom stereocenters. The van der Waals surface area contributed by atoms with Gasteiger partial charge in [0.1, 0.15) is 5.75 Å². The molecule has 4 heteroatoms. The number of carbonyl (C=O) groups is 1. The highest BCUT2D eigenvalue weighted by atomic mass is 16.5. The maximum absolute atomic E-state index is 11.0. The smallest absolute Gasteiger partial charge is 0.411 e. The van der Waals surface area contributed by atoms with Crippen LogP contribution in [-0.2, 0) is 0 Å². The fourth-order valence-corrected chi connectivity index (χ4v) is 1.40. The molecule has 0 aliphatic rings. The highest BCUT2D eigenvalue weighted by Crippen LogP contribution is 2.27. The lowest BCUT2D eigenvalue weighted by Gasteiger charge is -2.20. The maximum Gasteiger partial charge on any atom is 0.411 e. The Bertz CT molecular complexity index is 338. The van der Waals surface area contributed by atoms with E-state index in [9.17, 15) is 4.79 Å². The first-order valence-corrected chi connectivity index (χ1v) is 4.84. The standard InChI is InChI=1S/C11H15NO3/c1-3-8-12(11(13)14)9-6-4-5-7-10(9)15-2/h4-7H,3,8H2,1-2H3,(H,13,14). The van der Waals surface area contributed by atoms with Crippen molar-refractivity contribution >= 4 is 11.8 Å². The summed E-state index contributed by atoms with van der Waals surface area (Å²) < 4.78 is 5.12. The average molecular weight is 209 g/mol. The summed E-state index contributed by atoms with van der Waals surface area (Å²) in [6, 6.07) is 7.10. The molecule has 1 N–H and O–H groups in total. The van der Waals surface area contributed by atoms with Gasteiger partial charge in [0.2, 0.25) is 0 Å². The van der Waals surface area contributed by atoms with E-state index in [2.05, 4.69) is 0 Å². The molecule has 15 heavy (non-hydrogen) atoms. The molecule has 0 spiro atoms. The molecule has 1 amide bonds. The van der Waals surface area contributed by atoms with E-state index in [4.69, 9.17) is 9.84 Å². The van der Waals surface area contributed by atoms with Gasteiger partial charge >= 0.3 is 6.09 Å². The third-order valence-corrected chi connectivity index (χ3v) is 2.05. The molecule has 0 radical (unpaired) electrons. The molecule has 1 aromatic rings. The Morgan fingerprint density at radius 2 is 2.13 bits per heavy atom. The van der Waals surface area contributed by atoms with Crippen LogP contribution in [0.3, 0.4) is 0 Å². The Kier molecular flexibility index (Phi) is 3.97. The summed E-state index contributed by atoms with van der Waals surface area (Å²) in [6.07, 6.45) is -0.189. The summed E-state index contributed by atoms with van der Waals surface area (Å²) in [7, 11) is 1.53. The molecule has 0 aromatic heterocycles. The van der Waals surface area contributed by atoms with Crippen molar-refractivity contribution in [3.8, 4) is 5.75 Å². The predicted octanol–water partition coefficient (Wildman–Crippen LogP) is 2.59.